The molecule has 0 unspecified atom stereocenters. The van der Waals surface area contributed by atoms with E-state index in [-0.39, 0.29) is 23.2 Å². The fraction of sp³-hybridized carbons (Fsp3) is 0.240. The summed E-state index contributed by atoms with van der Waals surface area (Å²) in [7, 11) is -3.88. The Kier molecular flexibility index (Phi) is 6.75. The zero-order valence-electron chi connectivity index (χ0n) is 18.9. The molecule has 3 aromatic rings. The van der Waals surface area contributed by atoms with E-state index in [9.17, 15) is 26.4 Å². The lowest BCUT2D eigenvalue weighted by molar-refractivity contribution is -0.137. The Balaban J connectivity index is 1.58. The third kappa shape index (κ3) is 5.59. The lowest BCUT2D eigenvalue weighted by atomic mass is 10.1. The molecule has 1 aliphatic rings. The highest BCUT2D eigenvalue weighted by Gasteiger charge is 2.31. The van der Waals surface area contributed by atoms with Crippen molar-refractivity contribution in [1.82, 2.24) is 4.90 Å². The number of nitrogens with one attached hydrogen (secondary N) is 1. The molecular formula is C25H24F3N3O3S. The number of aryl methyl sites for hydroxylation is 1. The Labute approximate surface area is 202 Å². The first-order valence-electron chi connectivity index (χ1n) is 11.0. The normalized spacial score (nSPS) is 14.8. The number of carbonyl (C=O) groups excluding carboxylic acids is 1. The van der Waals surface area contributed by atoms with Gasteiger partial charge >= 0.3 is 12.2 Å². The molecule has 4 rings (SSSR count). The van der Waals surface area contributed by atoms with Crippen LogP contribution in [-0.4, -0.2) is 32.4 Å². The fourth-order valence-corrected chi connectivity index (χ4v) is 5.03. The van der Waals surface area contributed by atoms with Crippen molar-refractivity contribution in [2.45, 2.75) is 31.0 Å². The van der Waals surface area contributed by atoms with Gasteiger partial charge in [0.1, 0.15) is 0 Å². The molecule has 0 atom stereocenters. The second-order valence-electron chi connectivity index (χ2n) is 8.34. The van der Waals surface area contributed by atoms with Gasteiger partial charge in [-0.05, 0) is 60.9 Å². The topological polar surface area (TPSA) is 69.7 Å². The molecule has 184 valence electrons. The molecule has 1 N–H and O–H groups in total. The maximum Gasteiger partial charge on any atom is 0.416 e. The first-order chi connectivity index (χ1) is 16.5. The molecule has 0 bridgehead atoms. The SMILES string of the molecule is Cc1ccc(N2CCCN(Cc3ccc(C(F)(F)F)cc3)C2=O)c(NS(=O)(=O)c2ccccc2)c1. The standard InChI is InChI=1S/C25H24F3N3O3S/c1-18-8-13-23(22(16-18)29-35(33,34)21-6-3-2-4-7-21)31-15-5-14-30(24(31)32)17-19-9-11-20(12-10-19)25(26,27)28/h2-4,6-13,16,29H,5,14-15,17H2,1H3. The number of carbonyl (C=O) groups is 1. The van der Waals surface area contributed by atoms with Crippen molar-refractivity contribution in [3.63, 3.8) is 0 Å². The van der Waals surface area contributed by atoms with Crippen LogP contribution in [0.15, 0.2) is 77.7 Å². The molecule has 0 aromatic heterocycles. The fourth-order valence-electron chi connectivity index (χ4n) is 3.94. The quantitative estimate of drug-likeness (QED) is 0.473. The summed E-state index contributed by atoms with van der Waals surface area (Å²) in [4.78, 5) is 16.5. The average Bonchev–Trinajstić information content (AvgIpc) is 2.81. The van der Waals surface area contributed by atoms with Gasteiger partial charge in [0.2, 0.25) is 0 Å². The Morgan fingerprint density at radius 3 is 2.29 bits per heavy atom. The summed E-state index contributed by atoms with van der Waals surface area (Å²) in [5.41, 5.74) is 1.33. The number of alkyl halides is 3. The number of urea groups is 1. The maximum absolute atomic E-state index is 13.3. The van der Waals surface area contributed by atoms with Gasteiger partial charge in [0, 0.05) is 19.6 Å². The van der Waals surface area contributed by atoms with Crippen molar-refractivity contribution >= 4 is 27.4 Å². The van der Waals surface area contributed by atoms with Crippen molar-refractivity contribution in [1.29, 1.82) is 0 Å². The number of hydrogen-bond acceptors (Lipinski definition) is 3. The average molecular weight is 504 g/mol. The van der Waals surface area contributed by atoms with Crippen LogP contribution in [0.2, 0.25) is 0 Å². The minimum Gasteiger partial charge on any atom is -0.320 e. The summed E-state index contributed by atoms with van der Waals surface area (Å²) in [6.07, 6.45) is -3.81. The summed E-state index contributed by atoms with van der Waals surface area (Å²) in [5.74, 6) is 0. The van der Waals surface area contributed by atoms with E-state index in [2.05, 4.69) is 4.72 Å². The molecule has 1 aliphatic heterocycles. The van der Waals surface area contributed by atoms with Gasteiger partial charge in [0.25, 0.3) is 10.0 Å². The lowest BCUT2D eigenvalue weighted by Gasteiger charge is -2.36. The predicted molar refractivity (Wildman–Crippen MR) is 128 cm³/mol. The van der Waals surface area contributed by atoms with Gasteiger partial charge < -0.3 is 4.90 Å². The van der Waals surface area contributed by atoms with Crippen molar-refractivity contribution in [2.24, 2.45) is 0 Å². The monoisotopic (exact) mass is 503 g/mol. The molecule has 0 aliphatic carbocycles. The number of anilines is 2. The summed E-state index contributed by atoms with van der Waals surface area (Å²) in [5, 5.41) is 0. The Bertz CT molecular complexity index is 1310. The van der Waals surface area contributed by atoms with Crippen molar-refractivity contribution in [2.75, 3.05) is 22.7 Å². The number of hydrogen-bond donors (Lipinski definition) is 1. The molecule has 35 heavy (non-hydrogen) atoms. The van der Waals surface area contributed by atoms with Crippen LogP contribution in [0.3, 0.4) is 0 Å². The second-order valence-corrected chi connectivity index (χ2v) is 10.0. The molecule has 1 fully saturated rings. The maximum atomic E-state index is 13.3. The molecule has 0 saturated carbocycles. The lowest BCUT2D eigenvalue weighted by Crippen LogP contribution is -2.49. The third-order valence-corrected chi connectivity index (χ3v) is 7.09. The first-order valence-corrected chi connectivity index (χ1v) is 12.4. The van der Waals surface area contributed by atoms with Gasteiger partial charge in [-0.1, -0.05) is 36.4 Å². The molecule has 0 radical (unpaired) electrons. The highest BCUT2D eigenvalue weighted by atomic mass is 32.2. The van der Waals surface area contributed by atoms with Gasteiger partial charge in [-0.25, -0.2) is 13.2 Å². The van der Waals surface area contributed by atoms with Crippen LogP contribution in [0.5, 0.6) is 0 Å². The molecule has 6 nitrogen and oxygen atoms in total. The van der Waals surface area contributed by atoms with Crippen LogP contribution in [0.25, 0.3) is 0 Å². The van der Waals surface area contributed by atoms with Crippen molar-refractivity contribution < 1.29 is 26.4 Å². The molecule has 0 spiro atoms. The molecule has 2 amide bonds. The van der Waals surface area contributed by atoms with E-state index in [0.29, 0.717) is 30.8 Å². The van der Waals surface area contributed by atoms with E-state index in [1.165, 1.54) is 29.2 Å². The number of rotatable bonds is 6. The van der Waals surface area contributed by atoms with E-state index < -0.39 is 21.8 Å². The second kappa shape index (κ2) is 9.61. The molecule has 3 aromatic carbocycles. The van der Waals surface area contributed by atoms with Crippen LogP contribution in [0.1, 0.15) is 23.1 Å². The molecule has 1 heterocycles. The Morgan fingerprint density at radius 2 is 1.63 bits per heavy atom. The van der Waals surface area contributed by atoms with Gasteiger partial charge in [0.05, 0.1) is 21.8 Å². The van der Waals surface area contributed by atoms with Crippen molar-refractivity contribution in [3.05, 3.63) is 89.5 Å². The summed E-state index contributed by atoms with van der Waals surface area (Å²) >= 11 is 0. The zero-order valence-corrected chi connectivity index (χ0v) is 19.7. The molecule has 1 saturated heterocycles. The number of amides is 2. The summed E-state index contributed by atoms with van der Waals surface area (Å²) < 4.78 is 67.0. The summed E-state index contributed by atoms with van der Waals surface area (Å²) in [6.45, 7) is 2.78. The van der Waals surface area contributed by atoms with Gasteiger partial charge in [0.15, 0.2) is 0 Å². The number of nitrogens with zero attached hydrogens (tertiary/aromatic N) is 2. The van der Waals surface area contributed by atoms with Crippen LogP contribution in [0, 0.1) is 6.92 Å². The van der Waals surface area contributed by atoms with E-state index in [1.54, 1.807) is 41.3 Å². The largest absolute Gasteiger partial charge is 0.416 e. The minimum atomic E-state index is -4.43. The van der Waals surface area contributed by atoms with E-state index in [4.69, 9.17) is 0 Å². The van der Waals surface area contributed by atoms with Crippen molar-refractivity contribution in [3.8, 4) is 0 Å². The van der Waals surface area contributed by atoms with Crippen LogP contribution >= 0.6 is 0 Å². The van der Waals surface area contributed by atoms with Crippen LogP contribution in [0.4, 0.5) is 29.3 Å². The van der Waals surface area contributed by atoms with Crippen LogP contribution < -0.4 is 9.62 Å². The van der Waals surface area contributed by atoms with Crippen LogP contribution in [-0.2, 0) is 22.7 Å². The molecular weight excluding hydrogens is 479 g/mol. The Morgan fingerprint density at radius 1 is 0.943 bits per heavy atom. The van der Waals surface area contributed by atoms with Gasteiger partial charge in [-0.15, -0.1) is 0 Å². The van der Waals surface area contributed by atoms with Gasteiger partial charge in [-0.2, -0.15) is 13.2 Å². The predicted octanol–water partition coefficient (Wildman–Crippen LogP) is 5.65. The first kappa shape index (κ1) is 24.6. The third-order valence-electron chi connectivity index (χ3n) is 5.71. The van der Waals surface area contributed by atoms with E-state index in [1.807, 2.05) is 6.92 Å². The molecule has 10 heteroatoms. The van der Waals surface area contributed by atoms with Gasteiger partial charge in [-0.3, -0.25) is 9.62 Å². The smallest absolute Gasteiger partial charge is 0.320 e. The highest BCUT2D eigenvalue weighted by Crippen LogP contribution is 2.33. The highest BCUT2D eigenvalue weighted by molar-refractivity contribution is 7.92. The minimum absolute atomic E-state index is 0.0985. The zero-order chi connectivity index (χ0) is 25.2. The number of sulfonamides is 1. The number of halogens is 3. The Hall–Kier alpha value is -3.53. The van der Waals surface area contributed by atoms with E-state index in [0.717, 1.165) is 17.7 Å². The summed E-state index contributed by atoms with van der Waals surface area (Å²) in [6, 6.07) is 17.4. The number of benzene rings is 3. The van der Waals surface area contributed by atoms with E-state index >= 15 is 0 Å².